The van der Waals surface area contributed by atoms with Gasteiger partial charge in [0.1, 0.15) is 50.3 Å². The molecule has 160 valence electrons. The molecule has 0 saturated carbocycles. The van der Waals surface area contributed by atoms with Gasteiger partial charge in [-0.1, -0.05) is 17.7 Å². The lowest BCUT2D eigenvalue weighted by Crippen LogP contribution is -3.28. The average Bonchev–Trinajstić information content (AvgIpc) is 3.26. The molecule has 1 atom stereocenters. The molecule has 0 aromatic heterocycles. The predicted octanol–water partition coefficient (Wildman–Crippen LogP) is 0.688. The number of aryl methyl sites for hydroxylation is 1. The Morgan fingerprint density at radius 2 is 1.63 bits per heavy atom. The maximum absolute atomic E-state index is 12.5. The second kappa shape index (κ2) is 10.1. The Labute approximate surface area is 178 Å². The molecule has 0 aliphatic carbocycles. The number of benzene rings is 2. The van der Waals surface area contributed by atoms with E-state index >= 15 is 0 Å². The first-order valence-corrected chi connectivity index (χ1v) is 11.1. The van der Waals surface area contributed by atoms with E-state index in [-0.39, 0.29) is 5.91 Å². The van der Waals surface area contributed by atoms with Gasteiger partial charge in [-0.3, -0.25) is 4.79 Å². The number of anilines is 1. The highest BCUT2D eigenvalue weighted by Gasteiger charge is 2.28. The molecule has 2 aromatic rings. The van der Waals surface area contributed by atoms with Crippen molar-refractivity contribution in [3.63, 3.8) is 0 Å². The largest absolute Gasteiger partial charge is 0.457 e. The van der Waals surface area contributed by atoms with Crippen molar-refractivity contribution in [3.05, 3.63) is 54.1 Å². The molecule has 0 unspecified atom stereocenters. The number of amides is 1. The molecule has 4 rings (SSSR count). The normalized spacial score (nSPS) is 23.8. The molecule has 2 aliphatic heterocycles. The Hall–Kier alpha value is -2.41. The average molecular weight is 412 g/mol. The van der Waals surface area contributed by atoms with Crippen LogP contribution in [0.5, 0.6) is 11.5 Å². The Bertz CT molecular complexity index is 809. The van der Waals surface area contributed by atoms with Gasteiger partial charge in [0.2, 0.25) is 0 Å². The third-order valence-corrected chi connectivity index (χ3v) is 6.01. The summed E-state index contributed by atoms with van der Waals surface area (Å²) in [7, 11) is 0. The molecule has 2 heterocycles. The molecule has 6 nitrogen and oxygen atoms in total. The highest BCUT2D eigenvalue weighted by molar-refractivity contribution is 5.91. The molecule has 2 fully saturated rings. The van der Waals surface area contributed by atoms with Crippen LogP contribution in [-0.2, 0) is 9.53 Å². The smallest absolute Gasteiger partial charge is 0.279 e. The van der Waals surface area contributed by atoms with Crippen LogP contribution in [0.1, 0.15) is 18.4 Å². The fourth-order valence-electron chi connectivity index (χ4n) is 4.25. The first-order chi connectivity index (χ1) is 14.6. The van der Waals surface area contributed by atoms with Crippen molar-refractivity contribution in [2.75, 3.05) is 51.2 Å². The second-order valence-corrected chi connectivity index (χ2v) is 8.50. The summed E-state index contributed by atoms with van der Waals surface area (Å²) >= 11 is 0. The van der Waals surface area contributed by atoms with E-state index in [0.717, 1.165) is 56.5 Å². The van der Waals surface area contributed by atoms with Crippen LogP contribution in [0.4, 0.5) is 5.69 Å². The monoisotopic (exact) mass is 411 g/mol. The van der Waals surface area contributed by atoms with Crippen LogP contribution in [0.2, 0.25) is 0 Å². The number of piperazine rings is 1. The fourth-order valence-corrected chi connectivity index (χ4v) is 4.25. The SMILES string of the molecule is Cc1ccc(Oc2ccc(NC(=O)C[NH+]3CC[NH+](C[C@H]4CCCO4)CC3)cc2)cc1. The highest BCUT2D eigenvalue weighted by Crippen LogP contribution is 2.23. The molecule has 0 spiro atoms. The molecule has 2 saturated heterocycles. The predicted molar refractivity (Wildman–Crippen MR) is 116 cm³/mol. The summed E-state index contributed by atoms with van der Waals surface area (Å²) in [6.07, 6.45) is 2.86. The number of hydrogen-bond donors (Lipinski definition) is 3. The van der Waals surface area contributed by atoms with Crippen molar-refractivity contribution in [1.82, 2.24) is 0 Å². The van der Waals surface area contributed by atoms with Crippen LogP contribution in [0.3, 0.4) is 0 Å². The van der Waals surface area contributed by atoms with Crippen molar-refractivity contribution in [1.29, 1.82) is 0 Å². The summed E-state index contributed by atoms with van der Waals surface area (Å²) in [4.78, 5) is 15.4. The van der Waals surface area contributed by atoms with E-state index in [1.807, 2.05) is 48.5 Å². The van der Waals surface area contributed by atoms with Crippen LogP contribution in [-0.4, -0.2) is 57.9 Å². The number of ether oxygens (including phenoxy) is 2. The Morgan fingerprint density at radius 1 is 1.00 bits per heavy atom. The van der Waals surface area contributed by atoms with Gasteiger partial charge in [0, 0.05) is 12.3 Å². The number of nitrogens with one attached hydrogen (secondary N) is 3. The number of hydrogen-bond acceptors (Lipinski definition) is 3. The van der Waals surface area contributed by atoms with E-state index in [9.17, 15) is 4.79 Å². The third kappa shape index (κ3) is 6.05. The van der Waals surface area contributed by atoms with Gasteiger partial charge in [0.25, 0.3) is 5.91 Å². The lowest BCUT2D eigenvalue weighted by molar-refractivity contribution is -1.01. The minimum Gasteiger partial charge on any atom is -0.457 e. The minimum absolute atomic E-state index is 0.0692. The zero-order valence-corrected chi connectivity index (χ0v) is 17.8. The van der Waals surface area contributed by atoms with Gasteiger partial charge >= 0.3 is 0 Å². The lowest BCUT2D eigenvalue weighted by Gasteiger charge is -2.30. The highest BCUT2D eigenvalue weighted by atomic mass is 16.5. The molecule has 1 amide bonds. The van der Waals surface area contributed by atoms with E-state index in [0.29, 0.717) is 12.6 Å². The van der Waals surface area contributed by atoms with Gasteiger partial charge in [0.05, 0.1) is 0 Å². The van der Waals surface area contributed by atoms with E-state index in [1.54, 1.807) is 4.90 Å². The van der Waals surface area contributed by atoms with Crippen molar-refractivity contribution in [3.8, 4) is 11.5 Å². The van der Waals surface area contributed by atoms with Crippen LogP contribution < -0.4 is 19.9 Å². The molecule has 0 bridgehead atoms. The first kappa shape index (κ1) is 20.8. The Balaban J connectivity index is 1.19. The van der Waals surface area contributed by atoms with E-state index < -0.39 is 0 Å². The molecule has 6 heteroatoms. The summed E-state index contributed by atoms with van der Waals surface area (Å²) in [5, 5.41) is 3.02. The van der Waals surface area contributed by atoms with E-state index in [2.05, 4.69) is 12.2 Å². The van der Waals surface area contributed by atoms with Crippen LogP contribution in [0.25, 0.3) is 0 Å². The quantitative estimate of drug-likeness (QED) is 0.628. The molecular weight excluding hydrogens is 378 g/mol. The summed E-state index contributed by atoms with van der Waals surface area (Å²) in [6, 6.07) is 15.5. The lowest BCUT2D eigenvalue weighted by atomic mass is 10.2. The van der Waals surface area contributed by atoms with Gasteiger partial charge in [-0.25, -0.2) is 0 Å². The minimum atomic E-state index is 0.0692. The van der Waals surface area contributed by atoms with Crippen LogP contribution in [0, 0.1) is 6.92 Å². The number of quaternary nitrogens is 2. The molecule has 0 radical (unpaired) electrons. The van der Waals surface area contributed by atoms with Crippen molar-refractivity contribution < 1.29 is 24.1 Å². The van der Waals surface area contributed by atoms with Gasteiger partial charge in [-0.2, -0.15) is 0 Å². The van der Waals surface area contributed by atoms with E-state index in [4.69, 9.17) is 9.47 Å². The van der Waals surface area contributed by atoms with E-state index in [1.165, 1.54) is 23.3 Å². The molecule has 2 aromatic carbocycles. The van der Waals surface area contributed by atoms with Gasteiger partial charge in [0.15, 0.2) is 6.54 Å². The Morgan fingerprint density at radius 3 is 2.27 bits per heavy atom. The molecular formula is C24H33N3O3+2. The van der Waals surface area contributed by atoms with Crippen LogP contribution in [0.15, 0.2) is 48.5 Å². The third-order valence-electron chi connectivity index (χ3n) is 6.01. The van der Waals surface area contributed by atoms with Gasteiger partial charge < -0.3 is 24.6 Å². The number of rotatable bonds is 7. The van der Waals surface area contributed by atoms with Crippen LogP contribution >= 0.6 is 0 Å². The molecule has 3 N–H and O–H groups in total. The summed E-state index contributed by atoms with van der Waals surface area (Å²) in [6.45, 7) is 8.94. The number of carbonyl (C=O) groups excluding carboxylic acids is 1. The second-order valence-electron chi connectivity index (χ2n) is 8.50. The van der Waals surface area contributed by atoms with Gasteiger partial charge in [-0.05, 0) is 56.2 Å². The van der Waals surface area contributed by atoms with Gasteiger partial charge in [-0.15, -0.1) is 0 Å². The zero-order chi connectivity index (χ0) is 20.8. The number of carbonyl (C=O) groups is 1. The van der Waals surface area contributed by atoms with Crippen molar-refractivity contribution in [2.24, 2.45) is 0 Å². The Kier molecular flexibility index (Phi) is 7.00. The fraction of sp³-hybridized carbons (Fsp3) is 0.458. The standard InChI is InChI=1S/C24H31N3O3/c1-19-4-8-21(9-5-19)30-22-10-6-20(7-11-22)25-24(28)18-27-14-12-26(13-15-27)17-23-3-2-16-29-23/h4-11,23H,2-3,12-18H2,1H3,(H,25,28)/p+2/t23-/m1/s1. The summed E-state index contributed by atoms with van der Waals surface area (Å²) in [5.41, 5.74) is 2.01. The summed E-state index contributed by atoms with van der Waals surface area (Å²) in [5.74, 6) is 1.63. The first-order valence-electron chi connectivity index (χ1n) is 11.1. The molecule has 30 heavy (non-hydrogen) atoms. The van der Waals surface area contributed by atoms with Crippen molar-refractivity contribution >= 4 is 11.6 Å². The maximum atomic E-state index is 12.5. The zero-order valence-electron chi connectivity index (χ0n) is 17.8. The molecule has 2 aliphatic rings. The summed E-state index contributed by atoms with van der Waals surface area (Å²) < 4.78 is 11.6. The maximum Gasteiger partial charge on any atom is 0.279 e. The topological polar surface area (TPSA) is 56.4 Å². The van der Waals surface area contributed by atoms with Crippen molar-refractivity contribution in [2.45, 2.75) is 25.9 Å².